The van der Waals surface area contributed by atoms with Gasteiger partial charge in [-0.2, -0.15) is 0 Å². The van der Waals surface area contributed by atoms with E-state index in [0.29, 0.717) is 6.54 Å². The van der Waals surface area contributed by atoms with Crippen molar-refractivity contribution in [3.63, 3.8) is 0 Å². The third-order valence-corrected chi connectivity index (χ3v) is 5.15. The Morgan fingerprint density at radius 2 is 1.72 bits per heavy atom. The van der Waals surface area contributed by atoms with E-state index >= 15 is 0 Å². The van der Waals surface area contributed by atoms with Crippen molar-refractivity contribution in [2.45, 2.75) is 37.7 Å². The molecule has 0 aliphatic carbocycles. The van der Waals surface area contributed by atoms with Crippen molar-refractivity contribution in [3.05, 3.63) is 77.1 Å². The Bertz CT molecular complexity index is 856. The lowest BCUT2D eigenvalue weighted by Gasteiger charge is -2.12. The van der Waals surface area contributed by atoms with Gasteiger partial charge in [-0.15, -0.1) is 10.2 Å². The molecule has 0 N–H and O–H groups in total. The Balaban J connectivity index is 1.76. The van der Waals surface area contributed by atoms with E-state index in [1.165, 1.54) is 17.3 Å². The minimum absolute atomic E-state index is 0.108. The van der Waals surface area contributed by atoms with Gasteiger partial charge in [-0.1, -0.05) is 71.9 Å². The number of benzene rings is 2. The van der Waals surface area contributed by atoms with Gasteiger partial charge in [-0.05, 0) is 26.3 Å². The van der Waals surface area contributed by atoms with Crippen LogP contribution in [0.5, 0.6) is 0 Å². The number of nitrogens with zero attached hydrogens (tertiary/aromatic N) is 3. The van der Waals surface area contributed by atoms with Crippen LogP contribution in [-0.2, 0) is 6.54 Å². The minimum atomic E-state index is -0.221. The zero-order chi connectivity index (χ0) is 17.8. The van der Waals surface area contributed by atoms with Crippen LogP contribution in [0.1, 0.15) is 34.2 Å². The zero-order valence-corrected chi connectivity index (χ0v) is 15.5. The van der Waals surface area contributed by atoms with E-state index in [1.807, 2.05) is 63.2 Å². The summed E-state index contributed by atoms with van der Waals surface area (Å²) >= 11 is 1.46. The average Bonchev–Trinajstić information content (AvgIpc) is 2.96. The molecule has 0 aliphatic heterocycles. The van der Waals surface area contributed by atoms with Gasteiger partial charge in [0.2, 0.25) is 0 Å². The van der Waals surface area contributed by atoms with Gasteiger partial charge in [0, 0.05) is 5.56 Å². The topological polar surface area (TPSA) is 47.8 Å². The molecule has 25 heavy (non-hydrogen) atoms. The molecule has 3 aromatic rings. The van der Waals surface area contributed by atoms with Crippen molar-refractivity contribution in [3.8, 4) is 0 Å². The maximum Gasteiger partial charge on any atom is 0.192 e. The van der Waals surface area contributed by atoms with E-state index in [0.717, 1.165) is 22.1 Å². The van der Waals surface area contributed by atoms with E-state index in [2.05, 4.69) is 26.9 Å². The molecule has 0 spiro atoms. The molecule has 128 valence electrons. The summed E-state index contributed by atoms with van der Waals surface area (Å²) < 4.78 is 2.05. The zero-order valence-electron chi connectivity index (χ0n) is 14.6. The van der Waals surface area contributed by atoms with Crippen LogP contribution in [0.2, 0.25) is 0 Å². The molecule has 2 aromatic carbocycles. The second-order valence-corrected chi connectivity index (χ2v) is 7.40. The van der Waals surface area contributed by atoms with Gasteiger partial charge < -0.3 is 4.57 Å². The molecular weight excluding hydrogens is 330 g/mol. The van der Waals surface area contributed by atoms with Crippen LogP contribution < -0.4 is 0 Å². The van der Waals surface area contributed by atoms with Crippen LogP contribution in [0, 0.1) is 13.8 Å². The summed E-state index contributed by atoms with van der Waals surface area (Å²) in [5.74, 6) is 0.957. The number of thioether (sulfide) groups is 1. The summed E-state index contributed by atoms with van der Waals surface area (Å²) in [4.78, 5) is 12.7. The van der Waals surface area contributed by atoms with Crippen LogP contribution in [0.15, 0.2) is 59.8 Å². The molecule has 0 amide bonds. The lowest BCUT2D eigenvalue weighted by molar-refractivity contribution is 0.0994. The average molecular weight is 351 g/mol. The molecule has 5 heteroatoms. The summed E-state index contributed by atoms with van der Waals surface area (Å²) in [7, 11) is 0. The molecule has 0 saturated carbocycles. The van der Waals surface area contributed by atoms with Gasteiger partial charge in [0.25, 0.3) is 0 Å². The number of hydrogen-bond acceptors (Lipinski definition) is 4. The van der Waals surface area contributed by atoms with Gasteiger partial charge in [-0.25, -0.2) is 0 Å². The van der Waals surface area contributed by atoms with Crippen LogP contribution in [0.25, 0.3) is 0 Å². The van der Waals surface area contributed by atoms with Crippen LogP contribution in [-0.4, -0.2) is 25.8 Å². The predicted molar refractivity (Wildman–Crippen MR) is 101 cm³/mol. The van der Waals surface area contributed by atoms with Crippen molar-refractivity contribution in [2.24, 2.45) is 0 Å². The number of hydrogen-bond donors (Lipinski definition) is 0. The molecule has 0 radical (unpaired) electrons. The van der Waals surface area contributed by atoms with E-state index in [9.17, 15) is 4.79 Å². The van der Waals surface area contributed by atoms with E-state index < -0.39 is 0 Å². The highest BCUT2D eigenvalue weighted by Crippen LogP contribution is 2.25. The molecular formula is C20H21N3OS. The first-order valence-corrected chi connectivity index (χ1v) is 9.14. The summed E-state index contributed by atoms with van der Waals surface area (Å²) in [5.41, 5.74) is 3.07. The van der Waals surface area contributed by atoms with Crippen molar-refractivity contribution in [2.75, 3.05) is 0 Å². The van der Waals surface area contributed by atoms with Gasteiger partial charge in [0.15, 0.2) is 10.9 Å². The molecule has 4 nitrogen and oxygen atoms in total. The Morgan fingerprint density at radius 3 is 2.40 bits per heavy atom. The number of carbonyl (C=O) groups is 1. The highest BCUT2D eigenvalue weighted by Gasteiger charge is 2.20. The Kier molecular flexibility index (Phi) is 5.34. The van der Waals surface area contributed by atoms with Crippen molar-refractivity contribution in [1.82, 2.24) is 14.8 Å². The minimum Gasteiger partial charge on any atom is -0.302 e. The predicted octanol–water partition coefficient (Wildman–Crippen LogP) is 4.31. The lowest BCUT2D eigenvalue weighted by Crippen LogP contribution is -2.15. The Morgan fingerprint density at radius 1 is 1.04 bits per heavy atom. The standard InChI is InChI=1S/C20H21N3OS/c1-14-9-11-18(12-10-14)19(24)15(2)25-20-22-21-16(3)23(20)13-17-7-5-4-6-8-17/h4-12,15H,13H2,1-3H3/t15-/m0/s1. The maximum atomic E-state index is 12.7. The van der Waals surface area contributed by atoms with Crippen molar-refractivity contribution < 1.29 is 4.79 Å². The van der Waals surface area contributed by atoms with Crippen LogP contribution >= 0.6 is 11.8 Å². The fraction of sp³-hybridized carbons (Fsp3) is 0.250. The summed E-state index contributed by atoms with van der Waals surface area (Å²) in [6.07, 6.45) is 0. The van der Waals surface area contributed by atoms with Gasteiger partial charge in [0.05, 0.1) is 11.8 Å². The first-order valence-electron chi connectivity index (χ1n) is 8.26. The lowest BCUT2D eigenvalue weighted by atomic mass is 10.1. The molecule has 0 bridgehead atoms. The smallest absolute Gasteiger partial charge is 0.192 e. The number of aromatic nitrogens is 3. The maximum absolute atomic E-state index is 12.7. The highest BCUT2D eigenvalue weighted by molar-refractivity contribution is 8.00. The van der Waals surface area contributed by atoms with Crippen molar-refractivity contribution in [1.29, 1.82) is 0 Å². The molecule has 3 rings (SSSR count). The third-order valence-electron chi connectivity index (χ3n) is 4.07. The van der Waals surface area contributed by atoms with Gasteiger partial charge in [0.1, 0.15) is 5.82 Å². The number of carbonyl (C=O) groups excluding carboxylic acids is 1. The number of Topliss-reactive ketones (excluding diaryl/α,β-unsaturated/α-hetero) is 1. The van der Waals surface area contributed by atoms with Gasteiger partial charge >= 0.3 is 0 Å². The van der Waals surface area contributed by atoms with Gasteiger partial charge in [-0.3, -0.25) is 4.79 Å². The fourth-order valence-electron chi connectivity index (χ4n) is 2.56. The van der Waals surface area contributed by atoms with E-state index in [1.54, 1.807) is 0 Å². The molecule has 1 aromatic heterocycles. The third kappa shape index (κ3) is 4.17. The molecule has 0 fully saturated rings. The fourth-order valence-corrected chi connectivity index (χ4v) is 3.53. The first-order chi connectivity index (χ1) is 12.0. The monoisotopic (exact) mass is 351 g/mol. The number of ketones is 1. The second kappa shape index (κ2) is 7.66. The summed E-state index contributed by atoms with van der Waals surface area (Å²) in [6, 6.07) is 17.9. The Hall–Kier alpha value is -2.40. The molecule has 0 saturated heterocycles. The van der Waals surface area contributed by atoms with Crippen molar-refractivity contribution >= 4 is 17.5 Å². The Labute approximate surface area is 152 Å². The SMILES string of the molecule is Cc1ccc(C(=O)[C@H](C)Sc2nnc(C)n2Cc2ccccc2)cc1. The normalized spacial score (nSPS) is 12.1. The molecule has 0 aliphatic rings. The first kappa shape index (κ1) is 17.4. The quantitative estimate of drug-likeness (QED) is 0.490. The van der Waals surface area contributed by atoms with E-state index in [-0.39, 0.29) is 11.0 Å². The number of rotatable bonds is 6. The van der Waals surface area contributed by atoms with Crippen LogP contribution in [0.4, 0.5) is 0 Å². The highest BCUT2D eigenvalue weighted by atomic mass is 32.2. The van der Waals surface area contributed by atoms with E-state index in [4.69, 9.17) is 0 Å². The largest absolute Gasteiger partial charge is 0.302 e. The molecule has 1 heterocycles. The molecule has 0 unspecified atom stereocenters. The summed E-state index contributed by atoms with van der Waals surface area (Å²) in [5, 5.41) is 9.01. The van der Waals surface area contributed by atoms with Crippen LogP contribution in [0.3, 0.4) is 0 Å². The molecule has 1 atom stereocenters. The number of aryl methyl sites for hydroxylation is 2. The second-order valence-electron chi connectivity index (χ2n) is 6.09. The summed E-state index contributed by atoms with van der Waals surface area (Å²) in [6.45, 7) is 6.57.